The van der Waals surface area contributed by atoms with Crippen molar-refractivity contribution in [2.24, 2.45) is 5.41 Å². The summed E-state index contributed by atoms with van der Waals surface area (Å²) in [7, 11) is 3.17. The third kappa shape index (κ3) is 2.70. The molecule has 0 aromatic carbocycles. The number of pyridine rings is 1. The number of ketones is 1. The fraction of sp³-hybridized carbons (Fsp3) is 0.625. The lowest BCUT2D eigenvalue weighted by Crippen LogP contribution is -2.46. The normalized spacial score (nSPS) is 20.4. The quantitative estimate of drug-likeness (QED) is 0.793. The van der Waals surface area contributed by atoms with Crippen LogP contribution in [0.15, 0.2) is 18.3 Å². The minimum Gasteiger partial charge on any atom is -0.494 e. The van der Waals surface area contributed by atoms with Crippen molar-refractivity contribution in [1.82, 2.24) is 4.98 Å². The van der Waals surface area contributed by atoms with Crippen LogP contribution in [0.3, 0.4) is 0 Å². The van der Waals surface area contributed by atoms with Crippen LogP contribution in [0.1, 0.15) is 50.0 Å². The standard InChI is InChI=1S/C16H23NO3/c1-15(2)7-9-16(20-4,10-8-15)14(18)13-12(19-3)6-5-11-17-13/h5-6,11H,7-10H2,1-4H3. The maximum absolute atomic E-state index is 12.9. The van der Waals surface area contributed by atoms with Gasteiger partial charge < -0.3 is 9.47 Å². The van der Waals surface area contributed by atoms with Gasteiger partial charge in [-0.1, -0.05) is 13.8 Å². The highest BCUT2D eigenvalue weighted by molar-refractivity contribution is 6.03. The lowest BCUT2D eigenvalue weighted by atomic mass is 9.69. The van der Waals surface area contributed by atoms with Gasteiger partial charge in [-0.25, -0.2) is 4.98 Å². The van der Waals surface area contributed by atoms with Crippen molar-refractivity contribution in [3.63, 3.8) is 0 Å². The Morgan fingerprint density at radius 2 is 1.85 bits per heavy atom. The summed E-state index contributed by atoms with van der Waals surface area (Å²) < 4.78 is 10.9. The van der Waals surface area contributed by atoms with Gasteiger partial charge in [0.05, 0.1) is 7.11 Å². The van der Waals surface area contributed by atoms with E-state index in [0.29, 0.717) is 11.4 Å². The minimum absolute atomic E-state index is 0.0621. The molecule has 1 aliphatic rings. The molecule has 1 aromatic rings. The molecule has 4 nitrogen and oxygen atoms in total. The number of carbonyl (C=O) groups is 1. The molecule has 0 radical (unpaired) electrons. The molecular weight excluding hydrogens is 254 g/mol. The second kappa shape index (κ2) is 5.52. The van der Waals surface area contributed by atoms with Crippen molar-refractivity contribution in [3.05, 3.63) is 24.0 Å². The maximum Gasteiger partial charge on any atom is 0.216 e. The molecule has 1 aromatic heterocycles. The summed E-state index contributed by atoms with van der Waals surface area (Å²) in [4.78, 5) is 17.1. The Bertz CT molecular complexity index is 486. The van der Waals surface area contributed by atoms with Crippen LogP contribution in [-0.2, 0) is 4.74 Å². The first-order valence-electron chi connectivity index (χ1n) is 7.03. The zero-order valence-electron chi connectivity index (χ0n) is 12.7. The van der Waals surface area contributed by atoms with E-state index in [0.717, 1.165) is 25.7 Å². The van der Waals surface area contributed by atoms with Crippen LogP contribution in [0, 0.1) is 5.41 Å². The third-order valence-electron chi connectivity index (χ3n) is 4.42. The minimum atomic E-state index is -0.753. The first kappa shape index (κ1) is 15.0. The van der Waals surface area contributed by atoms with Crippen molar-refractivity contribution in [1.29, 1.82) is 0 Å². The molecule has 0 amide bonds. The lowest BCUT2D eigenvalue weighted by Gasteiger charge is -2.41. The Kier molecular flexibility index (Phi) is 4.14. The van der Waals surface area contributed by atoms with Crippen LogP contribution < -0.4 is 4.74 Å². The van der Waals surface area contributed by atoms with E-state index in [4.69, 9.17) is 9.47 Å². The molecular formula is C16H23NO3. The maximum atomic E-state index is 12.9. The first-order chi connectivity index (χ1) is 9.44. The molecule has 110 valence electrons. The zero-order valence-corrected chi connectivity index (χ0v) is 12.7. The van der Waals surface area contributed by atoms with E-state index in [-0.39, 0.29) is 11.2 Å². The van der Waals surface area contributed by atoms with Crippen molar-refractivity contribution in [3.8, 4) is 5.75 Å². The molecule has 1 fully saturated rings. The van der Waals surface area contributed by atoms with Gasteiger partial charge in [0.15, 0.2) is 5.69 Å². The largest absolute Gasteiger partial charge is 0.494 e. The summed E-state index contributed by atoms with van der Waals surface area (Å²) in [6.45, 7) is 4.47. The van der Waals surface area contributed by atoms with Crippen molar-refractivity contribution < 1.29 is 14.3 Å². The van der Waals surface area contributed by atoms with Gasteiger partial charge in [-0.15, -0.1) is 0 Å². The Balaban J connectivity index is 2.30. The molecule has 0 bridgehead atoms. The number of hydrogen-bond acceptors (Lipinski definition) is 4. The van der Waals surface area contributed by atoms with Gasteiger partial charge in [-0.05, 0) is 43.2 Å². The monoisotopic (exact) mass is 277 g/mol. The highest BCUT2D eigenvalue weighted by Gasteiger charge is 2.45. The summed E-state index contributed by atoms with van der Waals surface area (Å²) in [5.74, 6) is 0.451. The van der Waals surface area contributed by atoms with Crippen LogP contribution in [0.4, 0.5) is 0 Å². The highest BCUT2D eigenvalue weighted by atomic mass is 16.5. The van der Waals surface area contributed by atoms with Crippen molar-refractivity contribution in [2.75, 3.05) is 14.2 Å². The van der Waals surface area contributed by atoms with E-state index in [9.17, 15) is 4.79 Å². The first-order valence-corrected chi connectivity index (χ1v) is 7.03. The Labute approximate surface area is 120 Å². The summed E-state index contributed by atoms with van der Waals surface area (Å²) in [6.07, 6.45) is 5.03. The fourth-order valence-corrected chi connectivity index (χ4v) is 2.80. The molecule has 0 unspecified atom stereocenters. The number of rotatable bonds is 4. The summed E-state index contributed by atoms with van der Waals surface area (Å²) >= 11 is 0. The topological polar surface area (TPSA) is 48.4 Å². The lowest BCUT2D eigenvalue weighted by molar-refractivity contribution is -0.0387. The molecule has 0 saturated heterocycles. The zero-order chi connectivity index (χ0) is 14.8. The molecule has 0 aliphatic heterocycles. The fourth-order valence-electron chi connectivity index (χ4n) is 2.80. The van der Waals surface area contributed by atoms with Gasteiger partial charge in [0, 0.05) is 13.3 Å². The molecule has 1 aliphatic carbocycles. The van der Waals surface area contributed by atoms with Gasteiger partial charge in [0.1, 0.15) is 11.4 Å². The smallest absolute Gasteiger partial charge is 0.216 e. The van der Waals surface area contributed by atoms with E-state index in [1.807, 2.05) is 0 Å². The Morgan fingerprint density at radius 3 is 2.40 bits per heavy atom. The summed E-state index contributed by atoms with van der Waals surface area (Å²) in [5, 5.41) is 0. The number of ether oxygens (including phenoxy) is 2. The van der Waals surface area contributed by atoms with Gasteiger partial charge in [0.2, 0.25) is 5.78 Å². The van der Waals surface area contributed by atoms with E-state index >= 15 is 0 Å². The molecule has 20 heavy (non-hydrogen) atoms. The average molecular weight is 277 g/mol. The van der Waals surface area contributed by atoms with E-state index in [1.165, 1.54) is 0 Å². The Hall–Kier alpha value is -1.42. The third-order valence-corrected chi connectivity index (χ3v) is 4.42. The predicted octanol–water partition coefficient (Wildman–Crippen LogP) is 3.26. The molecule has 1 saturated carbocycles. The number of hydrogen-bond donors (Lipinski definition) is 0. The van der Waals surface area contributed by atoms with E-state index < -0.39 is 5.60 Å². The van der Waals surface area contributed by atoms with Crippen LogP contribution >= 0.6 is 0 Å². The molecule has 0 spiro atoms. The summed E-state index contributed by atoms with van der Waals surface area (Å²) in [6, 6.07) is 3.52. The number of Topliss-reactive ketones (excluding diaryl/α,β-unsaturated/α-hetero) is 1. The molecule has 0 N–H and O–H groups in total. The highest BCUT2D eigenvalue weighted by Crippen LogP contribution is 2.43. The number of methoxy groups -OCH3 is 2. The molecule has 0 atom stereocenters. The molecule has 4 heteroatoms. The second-order valence-corrected chi connectivity index (χ2v) is 6.25. The molecule has 2 rings (SSSR count). The van der Waals surface area contributed by atoms with Gasteiger partial charge in [-0.2, -0.15) is 0 Å². The number of nitrogens with zero attached hydrogens (tertiary/aromatic N) is 1. The van der Waals surface area contributed by atoms with Crippen LogP contribution in [0.5, 0.6) is 5.75 Å². The average Bonchev–Trinajstić information content (AvgIpc) is 2.47. The van der Waals surface area contributed by atoms with Crippen LogP contribution in [-0.4, -0.2) is 30.6 Å². The number of carbonyl (C=O) groups excluding carboxylic acids is 1. The van der Waals surface area contributed by atoms with E-state index in [1.54, 1.807) is 32.5 Å². The van der Waals surface area contributed by atoms with Gasteiger partial charge >= 0.3 is 0 Å². The predicted molar refractivity (Wildman–Crippen MR) is 77.1 cm³/mol. The molecule has 1 heterocycles. The Morgan fingerprint density at radius 1 is 1.20 bits per heavy atom. The van der Waals surface area contributed by atoms with Crippen molar-refractivity contribution >= 4 is 5.78 Å². The van der Waals surface area contributed by atoms with Crippen molar-refractivity contribution in [2.45, 2.75) is 45.1 Å². The summed E-state index contributed by atoms with van der Waals surface area (Å²) in [5.41, 5.74) is -0.107. The second-order valence-electron chi connectivity index (χ2n) is 6.25. The van der Waals surface area contributed by atoms with Crippen LogP contribution in [0.2, 0.25) is 0 Å². The van der Waals surface area contributed by atoms with E-state index in [2.05, 4.69) is 18.8 Å². The number of aromatic nitrogens is 1. The van der Waals surface area contributed by atoms with Gasteiger partial charge in [0.25, 0.3) is 0 Å². The van der Waals surface area contributed by atoms with Gasteiger partial charge in [-0.3, -0.25) is 4.79 Å². The SMILES string of the molecule is COc1cccnc1C(=O)C1(OC)CCC(C)(C)CC1. The van der Waals surface area contributed by atoms with Crippen LogP contribution in [0.25, 0.3) is 0 Å².